The van der Waals surface area contributed by atoms with E-state index < -0.39 is 5.60 Å². The number of benzene rings is 2. The fourth-order valence-electron chi connectivity index (χ4n) is 4.03. The van der Waals surface area contributed by atoms with Crippen LogP contribution in [0, 0.1) is 11.8 Å². The topological polar surface area (TPSA) is 74.2 Å². The predicted molar refractivity (Wildman–Crippen MR) is 97.8 cm³/mol. The fourth-order valence-corrected chi connectivity index (χ4v) is 4.03. The van der Waals surface area contributed by atoms with Gasteiger partial charge in [0.05, 0.1) is 14.2 Å². The molecule has 0 aromatic heterocycles. The number of rotatable bonds is 3. The van der Waals surface area contributed by atoms with E-state index in [4.69, 9.17) is 18.9 Å². The molecule has 0 radical (unpaired) electrons. The molecule has 1 N–H and O–H groups in total. The molecule has 0 amide bonds. The number of Topliss-reactive ketones (excluding diaryl/α,β-unsaturated/α-hetero) is 1. The third kappa shape index (κ3) is 2.40. The third-order valence-electron chi connectivity index (χ3n) is 5.84. The van der Waals surface area contributed by atoms with E-state index >= 15 is 0 Å². The number of carbonyl (C=O) groups is 1. The van der Waals surface area contributed by atoms with Gasteiger partial charge in [0, 0.05) is 23.0 Å². The zero-order valence-electron chi connectivity index (χ0n) is 15.7. The summed E-state index contributed by atoms with van der Waals surface area (Å²) in [5, 5.41) is 11.9. The minimum absolute atomic E-state index is 0.0242. The van der Waals surface area contributed by atoms with Crippen molar-refractivity contribution in [1.82, 2.24) is 0 Å². The minimum atomic E-state index is -1.39. The molecular weight excluding hydrogens is 348 g/mol. The fraction of sp³-hybridized carbons (Fsp3) is 0.381. The van der Waals surface area contributed by atoms with Gasteiger partial charge in [-0.2, -0.15) is 0 Å². The highest BCUT2D eigenvalue weighted by molar-refractivity contribution is 6.02. The van der Waals surface area contributed by atoms with Gasteiger partial charge in [0.15, 0.2) is 28.8 Å². The number of ether oxygens (including phenoxy) is 4. The van der Waals surface area contributed by atoms with E-state index in [1.165, 1.54) is 14.2 Å². The Kier molecular flexibility index (Phi) is 4.03. The average molecular weight is 370 g/mol. The molecule has 0 fully saturated rings. The van der Waals surface area contributed by atoms with Crippen molar-refractivity contribution >= 4 is 5.78 Å². The van der Waals surface area contributed by atoms with Gasteiger partial charge in [-0.3, -0.25) is 4.79 Å². The second-order valence-corrected chi connectivity index (χ2v) is 7.03. The van der Waals surface area contributed by atoms with Crippen LogP contribution in [0.5, 0.6) is 23.0 Å². The van der Waals surface area contributed by atoms with Crippen LogP contribution >= 0.6 is 0 Å². The molecule has 1 aliphatic carbocycles. The maximum absolute atomic E-state index is 12.9. The van der Waals surface area contributed by atoms with Gasteiger partial charge < -0.3 is 24.1 Å². The molecule has 2 aliphatic rings. The van der Waals surface area contributed by atoms with Crippen molar-refractivity contribution in [3.8, 4) is 23.0 Å². The van der Waals surface area contributed by atoms with E-state index in [1.54, 1.807) is 24.3 Å². The Balaban J connectivity index is 1.97. The number of carbonyl (C=O) groups excluding carboxylic acids is 1. The van der Waals surface area contributed by atoms with Crippen LogP contribution in [0.25, 0.3) is 0 Å². The number of aliphatic hydroxyl groups is 1. The lowest BCUT2D eigenvalue weighted by Crippen LogP contribution is -2.46. The monoisotopic (exact) mass is 370 g/mol. The Morgan fingerprint density at radius 2 is 1.70 bits per heavy atom. The van der Waals surface area contributed by atoms with Gasteiger partial charge in [-0.25, -0.2) is 0 Å². The quantitative estimate of drug-likeness (QED) is 0.895. The van der Waals surface area contributed by atoms with Crippen molar-refractivity contribution in [3.63, 3.8) is 0 Å². The molecule has 0 saturated heterocycles. The number of fused-ring (bicyclic) bond motifs is 2. The largest absolute Gasteiger partial charge is 0.493 e. The van der Waals surface area contributed by atoms with Gasteiger partial charge >= 0.3 is 0 Å². The Morgan fingerprint density at radius 1 is 1.04 bits per heavy atom. The van der Waals surface area contributed by atoms with E-state index in [2.05, 4.69) is 0 Å². The van der Waals surface area contributed by atoms with Gasteiger partial charge in [-0.1, -0.05) is 19.9 Å². The average Bonchev–Trinajstić information content (AvgIpc) is 3.17. The number of methoxy groups -OCH3 is 2. The van der Waals surface area contributed by atoms with Crippen molar-refractivity contribution in [2.75, 3.05) is 21.0 Å². The zero-order valence-corrected chi connectivity index (χ0v) is 15.7. The van der Waals surface area contributed by atoms with Crippen LogP contribution in [0.2, 0.25) is 0 Å². The molecule has 27 heavy (non-hydrogen) atoms. The molecule has 6 heteroatoms. The summed E-state index contributed by atoms with van der Waals surface area (Å²) in [6.07, 6.45) is 0. The molecule has 0 bridgehead atoms. The zero-order chi connectivity index (χ0) is 19.3. The van der Waals surface area contributed by atoms with Gasteiger partial charge in [0.25, 0.3) is 0 Å². The summed E-state index contributed by atoms with van der Waals surface area (Å²) in [6.45, 7) is 3.88. The van der Waals surface area contributed by atoms with Gasteiger partial charge in [0.2, 0.25) is 6.79 Å². The summed E-state index contributed by atoms with van der Waals surface area (Å²) in [4.78, 5) is 12.9. The van der Waals surface area contributed by atoms with Crippen molar-refractivity contribution in [1.29, 1.82) is 0 Å². The molecule has 2 aromatic rings. The summed E-state index contributed by atoms with van der Waals surface area (Å²) in [7, 11) is 3.05. The molecule has 0 unspecified atom stereocenters. The molecule has 2 aromatic carbocycles. The summed E-state index contributed by atoms with van der Waals surface area (Å²) in [5.41, 5.74) is 0.212. The minimum Gasteiger partial charge on any atom is -0.493 e. The molecule has 1 heterocycles. The first-order chi connectivity index (χ1) is 12.9. The van der Waals surface area contributed by atoms with Gasteiger partial charge in [-0.15, -0.1) is 0 Å². The number of ketones is 1. The Hall–Kier alpha value is -2.73. The first kappa shape index (κ1) is 17.7. The van der Waals surface area contributed by atoms with Crippen LogP contribution < -0.4 is 18.9 Å². The molecule has 6 nitrogen and oxygen atoms in total. The van der Waals surface area contributed by atoms with Crippen molar-refractivity contribution in [2.24, 2.45) is 11.8 Å². The molecule has 0 saturated carbocycles. The highest BCUT2D eigenvalue weighted by Crippen LogP contribution is 2.50. The number of hydrogen-bond acceptors (Lipinski definition) is 6. The lowest BCUT2D eigenvalue weighted by Gasteiger charge is -2.43. The second kappa shape index (κ2) is 6.16. The van der Waals surface area contributed by atoms with Gasteiger partial charge in [-0.05, 0) is 29.8 Å². The SMILES string of the molecule is COc1cc2c(cc1OC)[C@@](O)(c1ccc3c(c1)OCO3)[C@H](C)[C@@H](C)C2=O. The van der Waals surface area contributed by atoms with E-state index in [0.717, 1.165) is 0 Å². The smallest absolute Gasteiger partial charge is 0.231 e. The van der Waals surface area contributed by atoms with Gasteiger partial charge in [0.1, 0.15) is 5.60 Å². The standard InChI is InChI=1S/C21H22O6/c1-11-12(2)21(23,13-5-6-16-19(7-13)27-10-26-16)15-9-18(25-4)17(24-3)8-14(15)20(11)22/h5-9,11-12,23H,10H2,1-4H3/t11-,12-,21+/m1/s1. The molecule has 1 aliphatic heterocycles. The highest BCUT2D eigenvalue weighted by Gasteiger charge is 2.49. The Morgan fingerprint density at radius 3 is 2.41 bits per heavy atom. The van der Waals surface area contributed by atoms with Crippen molar-refractivity contribution < 1.29 is 28.8 Å². The normalized spacial score (nSPS) is 25.9. The summed E-state index contributed by atoms with van der Waals surface area (Å²) in [6, 6.07) is 8.72. The molecule has 3 atom stereocenters. The van der Waals surface area contributed by atoms with Crippen LogP contribution in [0.15, 0.2) is 30.3 Å². The Labute approximate surface area is 157 Å². The summed E-state index contributed by atoms with van der Waals surface area (Å²) in [5.74, 6) is 1.40. The lowest BCUT2D eigenvalue weighted by atomic mass is 9.64. The van der Waals surface area contributed by atoms with Crippen LogP contribution in [0.3, 0.4) is 0 Å². The second-order valence-electron chi connectivity index (χ2n) is 7.03. The third-order valence-corrected chi connectivity index (χ3v) is 5.84. The Bertz CT molecular complexity index is 921. The molecule has 142 valence electrons. The van der Waals surface area contributed by atoms with Crippen LogP contribution in [-0.4, -0.2) is 31.9 Å². The first-order valence-electron chi connectivity index (χ1n) is 8.85. The maximum atomic E-state index is 12.9. The molecular formula is C21H22O6. The summed E-state index contributed by atoms with van der Waals surface area (Å²) >= 11 is 0. The van der Waals surface area contributed by atoms with Crippen LogP contribution in [-0.2, 0) is 5.60 Å². The van der Waals surface area contributed by atoms with Crippen molar-refractivity contribution in [3.05, 3.63) is 47.0 Å². The van der Waals surface area contributed by atoms with E-state index in [-0.39, 0.29) is 24.4 Å². The lowest BCUT2D eigenvalue weighted by molar-refractivity contribution is -0.00540. The van der Waals surface area contributed by atoms with E-state index in [0.29, 0.717) is 39.7 Å². The maximum Gasteiger partial charge on any atom is 0.231 e. The highest BCUT2D eigenvalue weighted by atomic mass is 16.7. The predicted octanol–water partition coefficient (Wildman–Crippen LogP) is 3.14. The molecule has 4 rings (SSSR count). The van der Waals surface area contributed by atoms with Crippen LogP contribution in [0.1, 0.15) is 35.3 Å². The van der Waals surface area contributed by atoms with Crippen LogP contribution in [0.4, 0.5) is 0 Å². The summed E-state index contributed by atoms with van der Waals surface area (Å²) < 4.78 is 21.6. The molecule has 0 spiro atoms. The van der Waals surface area contributed by atoms with Crippen molar-refractivity contribution in [2.45, 2.75) is 19.4 Å². The number of hydrogen-bond donors (Lipinski definition) is 1. The first-order valence-corrected chi connectivity index (χ1v) is 8.85. The van der Waals surface area contributed by atoms with E-state index in [9.17, 15) is 9.90 Å². The van der Waals surface area contributed by atoms with E-state index in [1.807, 2.05) is 19.9 Å².